The van der Waals surface area contributed by atoms with Crippen LogP contribution in [0.5, 0.6) is 0 Å². The molecule has 2 nitrogen and oxygen atoms in total. The average molecular weight is 228 g/mol. The maximum Gasteiger partial charge on any atom is 0.168 e. The van der Waals surface area contributed by atoms with Gasteiger partial charge in [0.1, 0.15) is 0 Å². The molecule has 0 aromatic carbocycles. The fraction of sp³-hybridized carbons (Fsp3) is 0.917. The fourth-order valence-corrected chi connectivity index (χ4v) is 1.91. The van der Waals surface area contributed by atoms with Crippen LogP contribution in [0.25, 0.3) is 0 Å². The Labute approximate surface area is 99.4 Å². The molecule has 0 bridgehead atoms. The van der Waals surface area contributed by atoms with E-state index in [1.54, 1.807) is 0 Å². The van der Waals surface area contributed by atoms with Gasteiger partial charge in [-0.1, -0.05) is 20.3 Å². The predicted octanol–water partition coefficient (Wildman–Crippen LogP) is 2.78. The normalized spacial score (nSPS) is 15.1. The average Bonchev–Trinajstić information content (AvgIpc) is 3.01. The Morgan fingerprint density at radius 1 is 1.33 bits per heavy atom. The van der Waals surface area contributed by atoms with Crippen molar-refractivity contribution in [2.75, 3.05) is 19.6 Å². The van der Waals surface area contributed by atoms with Gasteiger partial charge in [0, 0.05) is 19.6 Å². The molecule has 0 atom stereocenters. The minimum absolute atomic E-state index is 0.919. The highest BCUT2D eigenvalue weighted by Gasteiger charge is 2.24. The van der Waals surface area contributed by atoms with Gasteiger partial charge in [-0.2, -0.15) is 0 Å². The van der Waals surface area contributed by atoms with Crippen molar-refractivity contribution in [3.63, 3.8) is 0 Å². The van der Waals surface area contributed by atoms with Crippen LogP contribution in [0.2, 0.25) is 0 Å². The zero-order chi connectivity index (χ0) is 11.1. The molecule has 1 fully saturated rings. The van der Waals surface area contributed by atoms with Gasteiger partial charge in [-0.25, -0.2) is 0 Å². The third kappa shape index (κ3) is 5.36. The first kappa shape index (κ1) is 12.8. The van der Waals surface area contributed by atoms with E-state index in [9.17, 15) is 0 Å². The molecule has 3 heteroatoms. The quantitative estimate of drug-likeness (QED) is 0.533. The first-order valence-corrected chi connectivity index (χ1v) is 6.71. The van der Waals surface area contributed by atoms with E-state index in [1.807, 2.05) is 0 Å². The van der Waals surface area contributed by atoms with Crippen LogP contribution in [0.4, 0.5) is 0 Å². The van der Waals surface area contributed by atoms with Crippen LogP contribution >= 0.6 is 12.2 Å². The number of unbranched alkanes of at least 4 members (excludes halogenated alkanes) is 1. The van der Waals surface area contributed by atoms with Crippen molar-refractivity contribution in [3.8, 4) is 0 Å². The molecule has 0 amide bonds. The van der Waals surface area contributed by atoms with E-state index in [1.165, 1.54) is 38.6 Å². The second kappa shape index (κ2) is 7.04. The summed E-state index contributed by atoms with van der Waals surface area (Å²) < 4.78 is 0. The van der Waals surface area contributed by atoms with Gasteiger partial charge in [0.05, 0.1) is 0 Å². The lowest BCUT2D eigenvalue weighted by Crippen LogP contribution is -2.41. The standard InChI is InChI=1S/C12H24N2S/c1-3-5-8-13-12(15)14(9-4-2)10-11-6-7-11/h11H,3-10H2,1-2H3,(H,13,15). The summed E-state index contributed by atoms with van der Waals surface area (Å²) in [6.45, 7) is 7.73. The molecule has 0 aliphatic heterocycles. The van der Waals surface area contributed by atoms with Gasteiger partial charge >= 0.3 is 0 Å². The lowest BCUT2D eigenvalue weighted by Gasteiger charge is -2.25. The Kier molecular flexibility index (Phi) is 5.99. The molecule has 88 valence electrons. The molecular weight excluding hydrogens is 204 g/mol. The number of nitrogens with one attached hydrogen (secondary N) is 1. The van der Waals surface area contributed by atoms with Crippen molar-refractivity contribution < 1.29 is 0 Å². The van der Waals surface area contributed by atoms with Crippen LogP contribution in [0.3, 0.4) is 0 Å². The summed E-state index contributed by atoms with van der Waals surface area (Å²) in [5, 5.41) is 4.33. The van der Waals surface area contributed by atoms with Crippen molar-refractivity contribution in [3.05, 3.63) is 0 Å². The topological polar surface area (TPSA) is 15.3 Å². The van der Waals surface area contributed by atoms with E-state index in [0.717, 1.165) is 24.1 Å². The van der Waals surface area contributed by atoms with Crippen molar-refractivity contribution in [1.29, 1.82) is 0 Å². The zero-order valence-corrected chi connectivity index (χ0v) is 10.9. The maximum atomic E-state index is 5.42. The number of nitrogens with zero attached hydrogens (tertiary/aromatic N) is 1. The van der Waals surface area contributed by atoms with E-state index in [4.69, 9.17) is 12.2 Å². The van der Waals surface area contributed by atoms with Gasteiger partial charge in [0.15, 0.2) is 5.11 Å². The Bertz CT molecular complexity index is 190. The highest BCUT2D eigenvalue weighted by atomic mass is 32.1. The number of hydrogen-bond donors (Lipinski definition) is 1. The minimum Gasteiger partial charge on any atom is -0.363 e. The van der Waals surface area contributed by atoms with Gasteiger partial charge in [-0.15, -0.1) is 0 Å². The second-order valence-electron chi connectivity index (χ2n) is 4.47. The largest absolute Gasteiger partial charge is 0.363 e. The Morgan fingerprint density at radius 3 is 2.60 bits per heavy atom. The maximum absolute atomic E-state index is 5.42. The SMILES string of the molecule is CCCCNC(=S)N(CCC)CC1CC1. The minimum atomic E-state index is 0.919. The van der Waals surface area contributed by atoms with Crippen molar-refractivity contribution in [2.45, 2.75) is 46.0 Å². The van der Waals surface area contributed by atoms with Crippen molar-refractivity contribution >= 4 is 17.3 Å². The molecule has 0 spiro atoms. The van der Waals surface area contributed by atoms with Crippen LogP contribution in [0.1, 0.15) is 46.0 Å². The molecule has 1 aliphatic rings. The summed E-state index contributed by atoms with van der Waals surface area (Å²) in [5.41, 5.74) is 0. The fourth-order valence-electron chi connectivity index (χ4n) is 1.64. The monoisotopic (exact) mass is 228 g/mol. The molecule has 1 rings (SSSR count). The summed E-state index contributed by atoms with van der Waals surface area (Å²) in [5.74, 6) is 0.919. The van der Waals surface area contributed by atoms with E-state index in [-0.39, 0.29) is 0 Å². The first-order valence-electron chi connectivity index (χ1n) is 6.30. The van der Waals surface area contributed by atoms with Gasteiger partial charge in [-0.05, 0) is 43.8 Å². The molecule has 1 aliphatic carbocycles. The lowest BCUT2D eigenvalue weighted by molar-refractivity contribution is 0.392. The highest BCUT2D eigenvalue weighted by Crippen LogP contribution is 2.29. The summed E-state index contributed by atoms with van der Waals surface area (Å²) in [6.07, 6.45) is 6.42. The molecular formula is C12H24N2S. The summed E-state index contributed by atoms with van der Waals surface area (Å²) in [4.78, 5) is 2.35. The molecule has 1 N–H and O–H groups in total. The Balaban J connectivity index is 2.22. The number of hydrogen-bond acceptors (Lipinski definition) is 1. The molecule has 1 saturated carbocycles. The number of rotatable bonds is 7. The van der Waals surface area contributed by atoms with Crippen LogP contribution < -0.4 is 5.32 Å². The summed E-state index contributed by atoms with van der Waals surface area (Å²) >= 11 is 5.42. The Hall–Kier alpha value is -0.310. The zero-order valence-electron chi connectivity index (χ0n) is 10.1. The van der Waals surface area contributed by atoms with Gasteiger partial charge in [-0.3, -0.25) is 0 Å². The predicted molar refractivity (Wildman–Crippen MR) is 70.1 cm³/mol. The molecule has 0 unspecified atom stereocenters. The van der Waals surface area contributed by atoms with E-state index in [2.05, 4.69) is 24.1 Å². The van der Waals surface area contributed by atoms with Crippen LogP contribution in [-0.2, 0) is 0 Å². The molecule has 0 radical (unpaired) electrons. The Morgan fingerprint density at radius 2 is 2.07 bits per heavy atom. The summed E-state index contributed by atoms with van der Waals surface area (Å²) in [6, 6.07) is 0. The number of thiocarbonyl (C=S) groups is 1. The lowest BCUT2D eigenvalue weighted by atomic mass is 10.3. The van der Waals surface area contributed by atoms with Gasteiger partial charge < -0.3 is 10.2 Å². The van der Waals surface area contributed by atoms with E-state index in [0.29, 0.717) is 0 Å². The molecule has 0 aromatic heterocycles. The summed E-state index contributed by atoms with van der Waals surface area (Å²) in [7, 11) is 0. The van der Waals surface area contributed by atoms with Crippen LogP contribution in [-0.4, -0.2) is 29.6 Å². The van der Waals surface area contributed by atoms with Crippen LogP contribution in [0, 0.1) is 5.92 Å². The third-order valence-electron chi connectivity index (χ3n) is 2.76. The van der Waals surface area contributed by atoms with Gasteiger partial charge in [0.2, 0.25) is 0 Å². The highest BCUT2D eigenvalue weighted by molar-refractivity contribution is 7.80. The van der Waals surface area contributed by atoms with Crippen molar-refractivity contribution in [2.24, 2.45) is 5.92 Å². The van der Waals surface area contributed by atoms with E-state index >= 15 is 0 Å². The molecule has 0 aromatic rings. The molecule has 15 heavy (non-hydrogen) atoms. The van der Waals surface area contributed by atoms with E-state index < -0.39 is 0 Å². The second-order valence-corrected chi connectivity index (χ2v) is 4.86. The first-order chi connectivity index (χ1) is 7.27. The van der Waals surface area contributed by atoms with Crippen molar-refractivity contribution in [1.82, 2.24) is 10.2 Å². The third-order valence-corrected chi connectivity index (χ3v) is 3.17. The molecule has 0 heterocycles. The smallest absolute Gasteiger partial charge is 0.168 e. The van der Waals surface area contributed by atoms with Crippen LogP contribution in [0.15, 0.2) is 0 Å². The molecule has 0 saturated heterocycles. The van der Waals surface area contributed by atoms with Gasteiger partial charge in [0.25, 0.3) is 0 Å².